The maximum atomic E-state index is 6.21. The lowest BCUT2D eigenvalue weighted by Gasteiger charge is -2.32. The van der Waals surface area contributed by atoms with E-state index in [4.69, 9.17) is 8.83 Å². The molecule has 0 N–H and O–H groups in total. The van der Waals surface area contributed by atoms with Crippen molar-refractivity contribution in [2.75, 3.05) is 4.90 Å². The Bertz CT molecular complexity index is 4190. The maximum absolute atomic E-state index is 6.21. The largest absolute Gasteiger partial charge is 0.456 e. The molecule has 13 aromatic rings. The summed E-state index contributed by atoms with van der Waals surface area (Å²) < 4.78 is 12.4. The highest BCUT2D eigenvalue weighted by Gasteiger charge is 2.52. The number of anilines is 3. The molecule has 2 aliphatic carbocycles. The van der Waals surface area contributed by atoms with Crippen LogP contribution in [0, 0.1) is 0 Å². The Morgan fingerprint density at radius 1 is 0.306 bits per heavy atom. The summed E-state index contributed by atoms with van der Waals surface area (Å²) in [5, 5.41) is 4.49. The first-order valence-electron chi connectivity index (χ1n) is 24.7. The molecule has 0 fully saturated rings. The smallest absolute Gasteiger partial charge is 0.135 e. The minimum atomic E-state index is -0.550. The average molecular weight is 918 g/mol. The molecule has 3 nitrogen and oxygen atoms in total. The van der Waals surface area contributed by atoms with Crippen LogP contribution in [0.3, 0.4) is 0 Å². The lowest BCUT2D eigenvalue weighted by Crippen LogP contribution is -2.26. The zero-order chi connectivity index (χ0) is 47.5. The standard InChI is InChI=1S/C69H43NO2/c1-2-43-12-11-13-46(38-43)49-26-34-55-53-14-3-7-18-61(53)69(63(55)41-49)62-19-8-4-15-54(62)56-35-33-52(42-64(56)69)70(50-29-22-44(23-30-50)47-27-36-67-59(39-47)57-16-5-9-20-65(57)71-67)51-31-24-45(25-32-51)48-28-37-68-60(40-48)58-17-6-10-21-66(58)72-68/h2-42H,1H2. The van der Waals surface area contributed by atoms with E-state index in [0.29, 0.717) is 0 Å². The third kappa shape index (κ3) is 5.92. The predicted molar refractivity (Wildman–Crippen MR) is 298 cm³/mol. The fourth-order valence-electron chi connectivity index (χ4n) is 12.2. The van der Waals surface area contributed by atoms with E-state index in [1.807, 2.05) is 30.3 Å². The predicted octanol–water partition coefficient (Wildman–Crippen LogP) is 18.9. The van der Waals surface area contributed by atoms with Crippen LogP contribution < -0.4 is 4.90 Å². The lowest BCUT2D eigenvalue weighted by molar-refractivity contribution is 0.668. The Labute approximate surface area is 416 Å². The summed E-state index contributed by atoms with van der Waals surface area (Å²) in [4.78, 5) is 2.42. The van der Waals surface area contributed by atoms with Gasteiger partial charge in [-0.05, 0) is 168 Å². The van der Waals surface area contributed by atoms with Gasteiger partial charge in [0.2, 0.25) is 0 Å². The molecule has 1 unspecified atom stereocenters. The molecule has 336 valence electrons. The van der Waals surface area contributed by atoms with Gasteiger partial charge in [-0.25, -0.2) is 0 Å². The molecule has 15 rings (SSSR count). The number of fused-ring (bicyclic) bond motifs is 16. The number of benzene rings is 11. The highest BCUT2D eigenvalue weighted by Crippen LogP contribution is 2.64. The lowest BCUT2D eigenvalue weighted by atomic mass is 9.70. The van der Waals surface area contributed by atoms with Gasteiger partial charge in [-0.15, -0.1) is 0 Å². The summed E-state index contributed by atoms with van der Waals surface area (Å²) >= 11 is 0. The van der Waals surface area contributed by atoms with Crippen molar-refractivity contribution in [3.05, 3.63) is 277 Å². The van der Waals surface area contributed by atoms with Gasteiger partial charge in [0.25, 0.3) is 0 Å². The molecule has 0 radical (unpaired) electrons. The zero-order valence-electron chi connectivity index (χ0n) is 39.1. The van der Waals surface area contributed by atoms with Crippen molar-refractivity contribution in [3.8, 4) is 55.6 Å². The molecule has 2 aliphatic rings. The Hall–Kier alpha value is -9.44. The molecule has 0 saturated carbocycles. The molecule has 3 heteroatoms. The summed E-state index contributed by atoms with van der Waals surface area (Å²) in [6, 6.07) is 88.7. The Kier molecular flexibility index (Phi) is 8.73. The summed E-state index contributed by atoms with van der Waals surface area (Å²) in [5.74, 6) is 0. The first kappa shape index (κ1) is 40.4. The number of hydrogen-bond acceptors (Lipinski definition) is 3. The summed E-state index contributed by atoms with van der Waals surface area (Å²) in [7, 11) is 0. The van der Waals surface area contributed by atoms with Crippen LogP contribution in [0.5, 0.6) is 0 Å². The van der Waals surface area contributed by atoms with Gasteiger partial charge < -0.3 is 13.7 Å². The normalized spacial score (nSPS) is 14.2. The number of para-hydroxylation sites is 2. The monoisotopic (exact) mass is 917 g/mol. The molecular weight excluding hydrogens is 875 g/mol. The van der Waals surface area contributed by atoms with Gasteiger partial charge in [-0.1, -0.05) is 170 Å². The minimum Gasteiger partial charge on any atom is -0.456 e. The van der Waals surface area contributed by atoms with Gasteiger partial charge in [0.05, 0.1) is 5.41 Å². The van der Waals surface area contributed by atoms with Crippen molar-refractivity contribution >= 4 is 67.0 Å². The van der Waals surface area contributed by atoms with Crippen molar-refractivity contribution in [2.45, 2.75) is 5.41 Å². The number of rotatable bonds is 7. The molecule has 11 aromatic carbocycles. The SMILES string of the molecule is C=Cc1cccc(-c2ccc3c(c2)C2(c4ccccc4-3)c3ccccc3-c3ccc(N(c4ccc(-c5ccc6oc7ccccc7c6c5)cc4)c4ccc(-c5ccc6oc7ccccc7c6c5)cc4)cc32)c1. The summed E-state index contributed by atoms with van der Waals surface area (Å²) in [6.07, 6.45) is 1.93. The van der Waals surface area contributed by atoms with Crippen LogP contribution in [0.1, 0.15) is 27.8 Å². The van der Waals surface area contributed by atoms with Crippen molar-refractivity contribution < 1.29 is 8.83 Å². The molecule has 2 aromatic heterocycles. The Morgan fingerprint density at radius 2 is 0.736 bits per heavy atom. The van der Waals surface area contributed by atoms with Crippen LogP contribution in [0.15, 0.2) is 258 Å². The molecule has 0 amide bonds. The van der Waals surface area contributed by atoms with Crippen molar-refractivity contribution in [3.63, 3.8) is 0 Å². The highest BCUT2D eigenvalue weighted by atomic mass is 16.3. The van der Waals surface area contributed by atoms with Crippen LogP contribution in [-0.4, -0.2) is 0 Å². The molecular formula is C69H43NO2. The first-order chi connectivity index (χ1) is 35.6. The average Bonchev–Trinajstić information content (AvgIpc) is 4.18. The van der Waals surface area contributed by atoms with Gasteiger partial charge >= 0.3 is 0 Å². The first-order valence-corrected chi connectivity index (χ1v) is 24.7. The second-order valence-electron chi connectivity index (χ2n) is 19.2. The van der Waals surface area contributed by atoms with Crippen LogP contribution in [0.2, 0.25) is 0 Å². The minimum absolute atomic E-state index is 0.550. The molecule has 1 atom stereocenters. The maximum Gasteiger partial charge on any atom is 0.135 e. The van der Waals surface area contributed by atoms with Crippen LogP contribution >= 0.6 is 0 Å². The van der Waals surface area contributed by atoms with Gasteiger partial charge in [0, 0.05) is 38.6 Å². The van der Waals surface area contributed by atoms with Gasteiger partial charge in [0.1, 0.15) is 22.3 Å². The number of hydrogen-bond donors (Lipinski definition) is 0. The Balaban J connectivity index is 0.907. The topological polar surface area (TPSA) is 29.5 Å². The van der Waals surface area contributed by atoms with E-state index < -0.39 is 5.41 Å². The Morgan fingerprint density at radius 3 is 1.32 bits per heavy atom. The van der Waals surface area contributed by atoms with E-state index in [1.165, 1.54) is 55.6 Å². The number of furan rings is 2. The van der Waals surface area contributed by atoms with E-state index >= 15 is 0 Å². The van der Waals surface area contributed by atoms with E-state index in [1.54, 1.807) is 0 Å². The summed E-state index contributed by atoms with van der Waals surface area (Å²) in [5.41, 5.74) is 24.6. The van der Waals surface area contributed by atoms with Crippen LogP contribution in [0.25, 0.3) is 106 Å². The van der Waals surface area contributed by atoms with Crippen LogP contribution in [0.4, 0.5) is 17.1 Å². The molecule has 72 heavy (non-hydrogen) atoms. The third-order valence-corrected chi connectivity index (χ3v) is 15.5. The van der Waals surface area contributed by atoms with E-state index in [-0.39, 0.29) is 0 Å². The van der Waals surface area contributed by atoms with E-state index in [0.717, 1.165) is 88.8 Å². The highest BCUT2D eigenvalue weighted by molar-refractivity contribution is 6.07. The van der Waals surface area contributed by atoms with Gasteiger partial charge in [-0.2, -0.15) is 0 Å². The van der Waals surface area contributed by atoms with E-state index in [9.17, 15) is 0 Å². The zero-order valence-corrected chi connectivity index (χ0v) is 39.1. The second kappa shape index (κ2) is 15.5. The molecule has 1 spiro atoms. The third-order valence-electron chi connectivity index (χ3n) is 15.5. The van der Waals surface area contributed by atoms with Gasteiger partial charge in [0.15, 0.2) is 0 Å². The molecule has 0 bridgehead atoms. The number of nitrogens with zero attached hydrogens (tertiary/aromatic N) is 1. The molecule has 2 heterocycles. The molecule has 0 saturated heterocycles. The fourth-order valence-corrected chi connectivity index (χ4v) is 12.2. The second-order valence-corrected chi connectivity index (χ2v) is 19.2. The van der Waals surface area contributed by atoms with Gasteiger partial charge in [-0.3, -0.25) is 0 Å². The fraction of sp³-hybridized carbons (Fsp3) is 0.0145. The quantitative estimate of drug-likeness (QED) is 0.160. The molecule has 0 aliphatic heterocycles. The van der Waals surface area contributed by atoms with Crippen molar-refractivity contribution in [1.82, 2.24) is 0 Å². The summed E-state index contributed by atoms with van der Waals surface area (Å²) in [6.45, 7) is 4.08. The van der Waals surface area contributed by atoms with E-state index in [2.05, 4.69) is 230 Å². The van der Waals surface area contributed by atoms with Crippen molar-refractivity contribution in [1.29, 1.82) is 0 Å². The van der Waals surface area contributed by atoms with Crippen LogP contribution in [-0.2, 0) is 5.41 Å². The van der Waals surface area contributed by atoms with Crippen molar-refractivity contribution in [2.24, 2.45) is 0 Å².